The molecular formula is C59H40N2S. The molecule has 12 rings (SSSR count). The summed E-state index contributed by atoms with van der Waals surface area (Å²) in [5, 5.41) is 4.99. The van der Waals surface area contributed by atoms with Crippen LogP contribution in [0.25, 0.3) is 42.1 Å². The van der Waals surface area contributed by atoms with Gasteiger partial charge in [0.2, 0.25) is 0 Å². The molecule has 1 aromatic heterocycles. The van der Waals surface area contributed by atoms with Gasteiger partial charge in [-0.25, -0.2) is 0 Å². The number of fused-ring (bicyclic) bond motifs is 7. The Morgan fingerprint density at radius 2 is 0.806 bits per heavy atom. The number of anilines is 6. The quantitative estimate of drug-likeness (QED) is 0.151. The number of benzene rings is 10. The molecule has 0 bridgehead atoms. The summed E-state index contributed by atoms with van der Waals surface area (Å²) >= 11 is 1.86. The molecule has 0 radical (unpaired) electrons. The molecule has 292 valence electrons. The monoisotopic (exact) mass is 808 g/mol. The van der Waals surface area contributed by atoms with Crippen molar-refractivity contribution in [3.05, 3.63) is 265 Å². The third kappa shape index (κ3) is 5.63. The van der Waals surface area contributed by atoms with Crippen LogP contribution in [-0.2, 0) is 5.41 Å². The second kappa shape index (κ2) is 14.8. The zero-order chi connectivity index (χ0) is 41.0. The number of rotatable bonds is 8. The third-order valence-corrected chi connectivity index (χ3v) is 13.8. The summed E-state index contributed by atoms with van der Waals surface area (Å²) in [4.78, 5) is 4.91. The number of para-hydroxylation sites is 2. The van der Waals surface area contributed by atoms with Gasteiger partial charge < -0.3 is 9.80 Å². The van der Waals surface area contributed by atoms with Crippen LogP contribution in [0.4, 0.5) is 34.1 Å². The van der Waals surface area contributed by atoms with Gasteiger partial charge in [0.15, 0.2) is 0 Å². The summed E-state index contributed by atoms with van der Waals surface area (Å²) < 4.78 is 2.57. The fraction of sp³-hybridized carbons (Fsp3) is 0.0169. The third-order valence-electron chi connectivity index (χ3n) is 12.7. The van der Waals surface area contributed by atoms with Crippen LogP contribution in [0.15, 0.2) is 243 Å². The molecule has 1 aliphatic carbocycles. The Hall–Kier alpha value is -7.72. The Bertz CT molecular complexity index is 3390. The molecule has 0 saturated carbocycles. The maximum absolute atomic E-state index is 2.46. The highest BCUT2D eigenvalue weighted by atomic mass is 32.1. The van der Waals surface area contributed by atoms with Crippen molar-refractivity contribution in [3.63, 3.8) is 0 Å². The van der Waals surface area contributed by atoms with E-state index in [2.05, 4.69) is 252 Å². The lowest BCUT2D eigenvalue weighted by Gasteiger charge is -2.38. The molecule has 0 atom stereocenters. The molecule has 0 N–H and O–H groups in total. The van der Waals surface area contributed by atoms with Gasteiger partial charge in [-0.05, 0) is 99.4 Å². The van der Waals surface area contributed by atoms with Gasteiger partial charge in [0, 0.05) is 48.3 Å². The molecule has 0 spiro atoms. The van der Waals surface area contributed by atoms with Crippen LogP contribution in [0.3, 0.4) is 0 Å². The number of nitrogens with zero attached hydrogens (tertiary/aromatic N) is 2. The minimum atomic E-state index is -0.579. The van der Waals surface area contributed by atoms with Crippen molar-refractivity contribution in [2.45, 2.75) is 5.41 Å². The first kappa shape index (κ1) is 36.2. The molecule has 10 aromatic carbocycles. The van der Waals surface area contributed by atoms with E-state index < -0.39 is 5.41 Å². The van der Waals surface area contributed by atoms with Crippen LogP contribution in [0.5, 0.6) is 0 Å². The van der Waals surface area contributed by atoms with Crippen LogP contribution in [-0.4, -0.2) is 0 Å². The van der Waals surface area contributed by atoms with Crippen molar-refractivity contribution in [2.24, 2.45) is 0 Å². The topological polar surface area (TPSA) is 6.48 Å². The van der Waals surface area contributed by atoms with E-state index in [1.807, 2.05) is 11.3 Å². The van der Waals surface area contributed by atoms with E-state index in [0.29, 0.717) is 0 Å². The minimum absolute atomic E-state index is 0.579. The number of hydrogen-bond donors (Lipinski definition) is 0. The van der Waals surface area contributed by atoms with E-state index in [1.54, 1.807) is 0 Å². The molecule has 3 heteroatoms. The van der Waals surface area contributed by atoms with Crippen LogP contribution in [0.2, 0.25) is 0 Å². The highest BCUT2D eigenvalue weighted by Crippen LogP contribution is 2.59. The van der Waals surface area contributed by atoms with Crippen molar-refractivity contribution in [2.75, 3.05) is 9.80 Å². The largest absolute Gasteiger partial charge is 0.310 e. The maximum atomic E-state index is 2.46. The van der Waals surface area contributed by atoms with Gasteiger partial charge in [-0.1, -0.05) is 182 Å². The van der Waals surface area contributed by atoms with Gasteiger partial charge in [0.05, 0.1) is 16.8 Å². The molecule has 1 heterocycles. The van der Waals surface area contributed by atoms with E-state index in [1.165, 1.54) is 64.3 Å². The van der Waals surface area contributed by atoms with Gasteiger partial charge in [0.25, 0.3) is 0 Å². The van der Waals surface area contributed by atoms with Gasteiger partial charge in [0.1, 0.15) is 0 Å². The first-order chi connectivity index (χ1) is 30.8. The first-order valence-electron chi connectivity index (χ1n) is 21.3. The molecule has 2 nitrogen and oxygen atoms in total. The molecular weight excluding hydrogens is 769 g/mol. The molecule has 11 aromatic rings. The molecule has 0 aliphatic heterocycles. The zero-order valence-corrected chi connectivity index (χ0v) is 34.7. The van der Waals surface area contributed by atoms with Crippen LogP contribution in [0.1, 0.15) is 22.3 Å². The van der Waals surface area contributed by atoms with Crippen molar-refractivity contribution >= 4 is 76.4 Å². The Morgan fingerprint density at radius 1 is 0.306 bits per heavy atom. The van der Waals surface area contributed by atoms with Gasteiger partial charge in [-0.3, -0.25) is 0 Å². The highest BCUT2D eigenvalue weighted by molar-refractivity contribution is 7.25. The maximum Gasteiger partial charge on any atom is 0.0733 e. The summed E-state index contributed by atoms with van der Waals surface area (Å²) in [5.41, 5.74) is 13.6. The fourth-order valence-electron chi connectivity index (χ4n) is 10.1. The predicted octanol–water partition coefficient (Wildman–Crippen LogP) is 16.5. The van der Waals surface area contributed by atoms with E-state index in [9.17, 15) is 0 Å². The van der Waals surface area contributed by atoms with Crippen molar-refractivity contribution in [1.82, 2.24) is 0 Å². The highest BCUT2D eigenvalue weighted by Gasteiger charge is 2.47. The van der Waals surface area contributed by atoms with Gasteiger partial charge in [-0.2, -0.15) is 0 Å². The lowest BCUT2D eigenvalue weighted by molar-refractivity contribution is 0.768. The van der Waals surface area contributed by atoms with Crippen LogP contribution in [0, 0.1) is 0 Å². The Kier molecular flexibility index (Phi) is 8.62. The lowest BCUT2D eigenvalue weighted by atomic mass is 9.67. The van der Waals surface area contributed by atoms with E-state index in [4.69, 9.17) is 0 Å². The van der Waals surface area contributed by atoms with Gasteiger partial charge in [-0.15, -0.1) is 11.3 Å². The molecule has 0 fully saturated rings. The Morgan fingerprint density at radius 3 is 1.56 bits per heavy atom. The Labute approximate surface area is 365 Å². The van der Waals surface area contributed by atoms with Crippen molar-refractivity contribution in [1.29, 1.82) is 0 Å². The van der Waals surface area contributed by atoms with Crippen LogP contribution < -0.4 is 9.80 Å². The lowest BCUT2D eigenvalue weighted by Crippen LogP contribution is -2.30. The average molecular weight is 809 g/mol. The summed E-state index contributed by atoms with van der Waals surface area (Å²) in [6, 6.07) is 89.1. The number of thiophene rings is 1. The van der Waals surface area contributed by atoms with E-state index >= 15 is 0 Å². The second-order valence-electron chi connectivity index (χ2n) is 16.0. The summed E-state index contributed by atoms with van der Waals surface area (Å²) in [6.07, 6.45) is 0. The Balaban J connectivity index is 1.11. The minimum Gasteiger partial charge on any atom is -0.310 e. The van der Waals surface area contributed by atoms with Crippen molar-refractivity contribution < 1.29 is 0 Å². The second-order valence-corrected chi connectivity index (χ2v) is 17.1. The molecule has 0 amide bonds. The van der Waals surface area contributed by atoms with E-state index in [0.717, 1.165) is 34.1 Å². The van der Waals surface area contributed by atoms with Gasteiger partial charge >= 0.3 is 0 Å². The summed E-state index contributed by atoms with van der Waals surface area (Å²) in [6.45, 7) is 0. The zero-order valence-electron chi connectivity index (χ0n) is 33.9. The first-order valence-corrected chi connectivity index (χ1v) is 22.1. The average Bonchev–Trinajstić information content (AvgIpc) is 3.86. The SMILES string of the molecule is c1ccc(N(c2cccc(N(c3ccc4c(c3)sc3ccccc34)c3cccc4ccccc34)c2)c2ccccc2C2(c3ccccc3)c3ccccc3-c3ccccc32)cc1. The summed E-state index contributed by atoms with van der Waals surface area (Å²) in [7, 11) is 0. The van der Waals surface area contributed by atoms with Crippen LogP contribution >= 0.6 is 11.3 Å². The molecule has 62 heavy (non-hydrogen) atoms. The smallest absolute Gasteiger partial charge is 0.0733 e. The number of hydrogen-bond acceptors (Lipinski definition) is 3. The molecule has 0 unspecified atom stereocenters. The standard InChI is InChI=1S/C59H40N2S/c1-3-21-42(22-4-1)59(52-31-12-9-28-48(52)49-29-10-13-32-53(49)59)54-33-14-15-34-56(54)60(43-23-5-2-6-24-43)44-25-18-26-45(39-44)61(55-35-17-20-41-19-7-8-27-47(41)55)46-37-38-51-50-30-11-16-36-57(50)62-58(51)40-46/h1-40H. The van der Waals surface area contributed by atoms with E-state index in [-0.39, 0.29) is 0 Å². The normalized spacial score (nSPS) is 12.6. The summed E-state index contributed by atoms with van der Waals surface area (Å²) in [5.74, 6) is 0. The van der Waals surface area contributed by atoms with Crippen molar-refractivity contribution in [3.8, 4) is 11.1 Å². The predicted molar refractivity (Wildman–Crippen MR) is 264 cm³/mol. The molecule has 0 saturated heterocycles. The fourth-order valence-corrected chi connectivity index (χ4v) is 11.3. The molecule has 1 aliphatic rings.